The first kappa shape index (κ1) is 13.5. The Morgan fingerprint density at radius 1 is 1.42 bits per heavy atom. The molecule has 2 aromatic rings. The van der Waals surface area contributed by atoms with Crippen molar-refractivity contribution >= 4 is 0 Å². The molecule has 102 valence electrons. The smallest absolute Gasteiger partial charge is 0.170 e. The standard InChI is InChI=1S/C14H20N4O/c1-10-5-6-13(12(7-10)11(2)15-3)19-8-14-17-16-9-18(14)4/h5-7,9,11,15H,8H2,1-4H3. The second-order valence-corrected chi connectivity index (χ2v) is 4.70. The average molecular weight is 260 g/mol. The number of ether oxygens (including phenoxy) is 1. The molecule has 0 saturated heterocycles. The number of nitrogens with one attached hydrogen (secondary N) is 1. The summed E-state index contributed by atoms with van der Waals surface area (Å²) in [4.78, 5) is 0. The number of aromatic nitrogens is 3. The van der Waals surface area contributed by atoms with E-state index < -0.39 is 0 Å². The molecule has 1 aromatic heterocycles. The third-order valence-corrected chi connectivity index (χ3v) is 3.23. The Morgan fingerprint density at radius 3 is 2.84 bits per heavy atom. The van der Waals surface area contributed by atoms with Gasteiger partial charge in [0.25, 0.3) is 0 Å². The maximum atomic E-state index is 5.88. The zero-order valence-corrected chi connectivity index (χ0v) is 11.8. The van der Waals surface area contributed by atoms with E-state index in [9.17, 15) is 0 Å². The van der Waals surface area contributed by atoms with Crippen LogP contribution in [0.25, 0.3) is 0 Å². The summed E-state index contributed by atoms with van der Waals surface area (Å²) in [6, 6.07) is 6.45. The van der Waals surface area contributed by atoms with Crippen molar-refractivity contribution in [2.45, 2.75) is 26.5 Å². The Labute approximate surface area is 113 Å². The first-order chi connectivity index (χ1) is 9.11. The van der Waals surface area contributed by atoms with Gasteiger partial charge >= 0.3 is 0 Å². The molecule has 19 heavy (non-hydrogen) atoms. The fourth-order valence-electron chi connectivity index (χ4n) is 1.87. The van der Waals surface area contributed by atoms with Crippen LogP contribution in [0.1, 0.15) is 29.9 Å². The van der Waals surface area contributed by atoms with Crippen molar-refractivity contribution in [1.82, 2.24) is 20.1 Å². The molecule has 0 radical (unpaired) electrons. The molecule has 1 atom stereocenters. The Balaban J connectivity index is 2.18. The van der Waals surface area contributed by atoms with E-state index in [0.29, 0.717) is 6.61 Å². The fraction of sp³-hybridized carbons (Fsp3) is 0.429. The molecule has 0 aliphatic heterocycles. The molecular weight excluding hydrogens is 240 g/mol. The average Bonchev–Trinajstić information content (AvgIpc) is 2.82. The lowest BCUT2D eigenvalue weighted by atomic mass is 10.0. The van der Waals surface area contributed by atoms with Crippen molar-refractivity contribution in [2.75, 3.05) is 7.05 Å². The van der Waals surface area contributed by atoms with Crippen molar-refractivity contribution in [2.24, 2.45) is 7.05 Å². The summed E-state index contributed by atoms with van der Waals surface area (Å²) in [7, 11) is 3.85. The van der Waals surface area contributed by atoms with Crippen molar-refractivity contribution in [3.05, 3.63) is 41.5 Å². The Kier molecular flexibility index (Phi) is 4.16. The number of hydrogen-bond donors (Lipinski definition) is 1. The molecule has 5 nitrogen and oxygen atoms in total. The molecule has 1 heterocycles. The molecule has 0 spiro atoms. The van der Waals surface area contributed by atoms with Gasteiger partial charge in [0, 0.05) is 18.7 Å². The van der Waals surface area contributed by atoms with Crippen LogP contribution >= 0.6 is 0 Å². The van der Waals surface area contributed by atoms with Crippen molar-refractivity contribution in [3.8, 4) is 5.75 Å². The van der Waals surface area contributed by atoms with Crippen molar-refractivity contribution in [1.29, 1.82) is 0 Å². The molecule has 0 aliphatic carbocycles. The lowest BCUT2D eigenvalue weighted by molar-refractivity contribution is 0.286. The van der Waals surface area contributed by atoms with Gasteiger partial charge in [-0.25, -0.2) is 0 Å². The fourth-order valence-corrected chi connectivity index (χ4v) is 1.87. The van der Waals surface area contributed by atoms with Gasteiger partial charge in [-0.15, -0.1) is 10.2 Å². The van der Waals surface area contributed by atoms with Crippen LogP contribution in [0.2, 0.25) is 0 Å². The van der Waals surface area contributed by atoms with Crippen molar-refractivity contribution in [3.63, 3.8) is 0 Å². The molecule has 1 unspecified atom stereocenters. The van der Waals surface area contributed by atoms with E-state index in [1.807, 2.05) is 24.7 Å². The molecule has 1 N–H and O–H groups in total. The minimum Gasteiger partial charge on any atom is -0.485 e. The largest absolute Gasteiger partial charge is 0.485 e. The van der Waals surface area contributed by atoms with E-state index in [4.69, 9.17) is 4.74 Å². The first-order valence-electron chi connectivity index (χ1n) is 6.35. The molecular formula is C14H20N4O. The van der Waals surface area contributed by atoms with Crippen LogP contribution in [0, 0.1) is 6.92 Å². The van der Waals surface area contributed by atoms with Gasteiger partial charge in [0.15, 0.2) is 5.82 Å². The lowest BCUT2D eigenvalue weighted by Gasteiger charge is -2.17. The highest BCUT2D eigenvalue weighted by molar-refractivity contribution is 5.38. The molecule has 0 amide bonds. The third-order valence-electron chi connectivity index (χ3n) is 3.23. The van der Waals surface area contributed by atoms with E-state index in [0.717, 1.165) is 17.1 Å². The maximum Gasteiger partial charge on any atom is 0.170 e. The number of hydrogen-bond acceptors (Lipinski definition) is 4. The van der Waals surface area contributed by atoms with Gasteiger partial charge in [0.05, 0.1) is 0 Å². The summed E-state index contributed by atoms with van der Waals surface area (Å²) in [6.07, 6.45) is 1.67. The van der Waals surface area contributed by atoms with Gasteiger partial charge < -0.3 is 14.6 Å². The van der Waals surface area contributed by atoms with Gasteiger partial charge in [0.1, 0.15) is 18.7 Å². The van der Waals surface area contributed by atoms with Crippen LogP contribution in [-0.2, 0) is 13.7 Å². The molecule has 1 aromatic carbocycles. The zero-order chi connectivity index (χ0) is 13.8. The monoisotopic (exact) mass is 260 g/mol. The molecule has 0 aliphatic rings. The SMILES string of the molecule is CNC(C)c1cc(C)ccc1OCc1nncn1C. The Morgan fingerprint density at radius 2 is 2.21 bits per heavy atom. The van der Waals surface area contributed by atoms with Crippen LogP contribution in [0.4, 0.5) is 0 Å². The van der Waals surface area contributed by atoms with Crippen LogP contribution in [-0.4, -0.2) is 21.8 Å². The van der Waals surface area contributed by atoms with E-state index in [1.165, 1.54) is 5.56 Å². The molecule has 0 saturated carbocycles. The molecule has 0 bridgehead atoms. The number of rotatable bonds is 5. The highest BCUT2D eigenvalue weighted by Gasteiger charge is 2.11. The number of benzene rings is 1. The molecule has 5 heteroatoms. The molecule has 2 rings (SSSR count). The van der Waals surface area contributed by atoms with Gasteiger partial charge in [0.2, 0.25) is 0 Å². The number of aryl methyl sites for hydroxylation is 2. The maximum absolute atomic E-state index is 5.88. The quantitative estimate of drug-likeness (QED) is 0.893. The molecule has 0 fully saturated rings. The minimum atomic E-state index is 0.245. The van der Waals surface area contributed by atoms with Crippen molar-refractivity contribution < 1.29 is 4.74 Å². The van der Waals surface area contributed by atoms with Gasteiger partial charge in [-0.05, 0) is 27.0 Å². The summed E-state index contributed by atoms with van der Waals surface area (Å²) >= 11 is 0. The van der Waals surface area contributed by atoms with Gasteiger partial charge in [-0.1, -0.05) is 17.7 Å². The van der Waals surface area contributed by atoms with E-state index in [2.05, 4.69) is 41.5 Å². The predicted octanol–water partition coefficient (Wildman–Crippen LogP) is 1.98. The summed E-state index contributed by atoms with van der Waals surface area (Å²) in [5, 5.41) is 11.1. The highest BCUT2D eigenvalue weighted by atomic mass is 16.5. The predicted molar refractivity (Wildman–Crippen MR) is 74.0 cm³/mol. The normalized spacial score (nSPS) is 12.4. The zero-order valence-electron chi connectivity index (χ0n) is 11.8. The second kappa shape index (κ2) is 5.84. The lowest BCUT2D eigenvalue weighted by Crippen LogP contribution is -2.14. The van der Waals surface area contributed by atoms with Crippen LogP contribution < -0.4 is 10.1 Å². The summed E-state index contributed by atoms with van der Waals surface area (Å²) in [5.41, 5.74) is 2.38. The Hall–Kier alpha value is -1.88. The van der Waals surface area contributed by atoms with E-state index in [1.54, 1.807) is 6.33 Å². The van der Waals surface area contributed by atoms with Crippen LogP contribution in [0.15, 0.2) is 24.5 Å². The first-order valence-corrected chi connectivity index (χ1v) is 6.35. The second-order valence-electron chi connectivity index (χ2n) is 4.70. The van der Waals surface area contributed by atoms with Crippen LogP contribution in [0.5, 0.6) is 5.75 Å². The third kappa shape index (κ3) is 3.12. The number of nitrogens with zero attached hydrogens (tertiary/aromatic N) is 3. The topological polar surface area (TPSA) is 52.0 Å². The highest BCUT2D eigenvalue weighted by Crippen LogP contribution is 2.26. The van der Waals surface area contributed by atoms with E-state index >= 15 is 0 Å². The van der Waals surface area contributed by atoms with E-state index in [-0.39, 0.29) is 6.04 Å². The Bertz CT molecular complexity index is 550. The van der Waals surface area contributed by atoms with Gasteiger partial charge in [-0.3, -0.25) is 0 Å². The summed E-state index contributed by atoms with van der Waals surface area (Å²) in [6.45, 7) is 4.62. The van der Waals surface area contributed by atoms with Crippen LogP contribution in [0.3, 0.4) is 0 Å². The van der Waals surface area contributed by atoms with Gasteiger partial charge in [-0.2, -0.15) is 0 Å². The summed E-state index contributed by atoms with van der Waals surface area (Å²) < 4.78 is 7.73. The minimum absolute atomic E-state index is 0.245. The summed E-state index contributed by atoms with van der Waals surface area (Å²) in [5.74, 6) is 1.69.